The summed E-state index contributed by atoms with van der Waals surface area (Å²) in [6.07, 6.45) is 8.41. The predicted molar refractivity (Wildman–Crippen MR) is 90.4 cm³/mol. The van der Waals surface area contributed by atoms with Crippen LogP contribution in [0.3, 0.4) is 0 Å². The quantitative estimate of drug-likeness (QED) is 0.817. The van der Waals surface area contributed by atoms with Gasteiger partial charge in [-0.3, -0.25) is 4.98 Å². The second-order valence-electron chi connectivity index (χ2n) is 6.12. The maximum absolute atomic E-state index is 12.2. The van der Waals surface area contributed by atoms with Crippen LogP contribution in [0.15, 0.2) is 24.8 Å². The summed E-state index contributed by atoms with van der Waals surface area (Å²) in [5.41, 5.74) is 1.67. The molecular formula is C15H22N6O2S. The number of piperidine rings is 1. The van der Waals surface area contributed by atoms with Gasteiger partial charge in [-0.2, -0.15) is 17.0 Å². The van der Waals surface area contributed by atoms with Crippen molar-refractivity contribution in [3.8, 4) is 11.5 Å². The van der Waals surface area contributed by atoms with E-state index >= 15 is 0 Å². The minimum Gasteiger partial charge on any atom is -0.333 e. The Kier molecular flexibility index (Phi) is 4.66. The van der Waals surface area contributed by atoms with E-state index in [2.05, 4.69) is 15.0 Å². The molecule has 0 bridgehead atoms. The van der Waals surface area contributed by atoms with Crippen molar-refractivity contribution in [3.63, 3.8) is 0 Å². The van der Waals surface area contributed by atoms with Crippen LogP contribution in [0.25, 0.3) is 11.5 Å². The molecule has 9 heteroatoms. The summed E-state index contributed by atoms with van der Waals surface area (Å²) in [5, 5.41) is 0. The first-order chi connectivity index (χ1) is 11.4. The van der Waals surface area contributed by atoms with Gasteiger partial charge in [0.2, 0.25) is 0 Å². The molecule has 3 heterocycles. The van der Waals surface area contributed by atoms with E-state index in [0.717, 1.165) is 30.1 Å². The van der Waals surface area contributed by atoms with Gasteiger partial charge in [0.15, 0.2) is 5.82 Å². The highest BCUT2D eigenvalue weighted by molar-refractivity contribution is 7.86. The van der Waals surface area contributed by atoms with Crippen molar-refractivity contribution >= 4 is 10.2 Å². The Morgan fingerprint density at radius 1 is 1.08 bits per heavy atom. The molecule has 0 saturated carbocycles. The predicted octanol–water partition coefficient (Wildman–Crippen LogP) is 0.863. The molecular weight excluding hydrogens is 328 g/mol. The first-order valence-electron chi connectivity index (χ1n) is 7.87. The largest absolute Gasteiger partial charge is 0.333 e. The molecule has 1 saturated heterocycles. The summed E-state index contributed by atoms with van der Waals surface area (Å²) in [6.45, 7) is 0.976. The van der Waals surface area contributed by atoms with Gasteiger partial charge in [0.25, 0.3) is 10.2 Å². The number of aromatic nitrogens is 4. The van der Waals surface area contributed by atoms with E-state index in [1.165, 1.54) is 8.61 Å². The summed E-state index contributed by atoms with van der Waals surface area (Å²) < 4.78 is 29.2. The summed E-state index contributed by atoms with van der Waals surface area (Å²) in [7, 11) is 1.69. The van der Waals surface area contributed by atoms with Crippen LogP contribution < -0.4 is 0 Å². The monoisotopic (exact) mass is 350 g/mol. The van der Waals surface area contributed by atoms with Gasteiger partial charge in [0.05, 0.1) is 5.69 Å². The second kappa shape index (κ2) is 6.58. The van der Waals surface area contributed by atoms with Gasteiger partial charge in [-0.05, 0) is 12.8 Å². The fraction of sp³-hybridized carbons (Fsp3) is 0.533. The fourth-order valence-electron chi connectivity index (χ4n) is 3.00. The van der Waals surface area contributed by atoms with Gasteiger partial charge in [0, 0.05) is 64.9 Å². The molecule has 24 heavy (non-hydrogen) atoms. The third kappa shape index (κ3) is 3.06. The first-order valence-corrected chi connectivity index (χ1v) is 9.27. The number of rotatable bonds is 4. The van der Waals surface area contributed by atoms with Crippen LogP contribution in [0, 0.1) is 0 Å². The summed E-state index contributed by atoms with van der Waals surface area (Å²) >= 11 is 0. The van der Waals surface area contributed by atoms with Crippen LogP contribution in [0.4, 0.5) is 0 Å². The fourth-order valence-corrected chi connectivity index (χ4v) is 4.14. The highest BCUT2D eigenvalue weighted by Crippen LogP contribution is 2.32. The van der Waals surface area contributed by atoms with E-state index in [1.807, 2.05) is 17.8 Å². The molecule has 3 rings (SSSR count). The highest BCUT2D eigenvalue weighted by atomic mass is 32.2. The molecule has 1 fully saturated rings. The van der Waals surface area contributed by atoms with Gasteiger partial charge in [-0.15, -0.1) is 0 Å². The van der Waals surface area contributed by atoms with Crippen LogP contribution in [0.2, 0.25) is 0 Å². The SMILES string of the molecule is CN(C)S(=O)(=O)N1CCC(c2nccnc2-c2nccn2C)CC1. The molecule has 0 amide bonds. The zero-order valence-corrected chi connectivity index (χ0v) is 14.9. The molecule has 2 aromatic heterocycles. The van der Waals surface area contributed by atoms with Crippen LogP contribution >= 0.6 is 0 Å². The zero-order valence-electron chi connectivity index (χ0n) is 14.1. The standard InChI is InChI=1S/C15H22N6O2S/c1-19(2)24(22,23)21-9-4-12(5-10-21)13-14(17-7-6-16-13)15-18-8-11-20(15)3/h6-8,11-12H,4-5,9-10H2,1-3H3. The van der Waals surface area contributed by atoms with Crippen molar-refractivity contribution in [3.05, 3.63) is 30.5 Å². The van der Waals surface area contributed by atoms with E-state index in [-0.39, 0.29) is 5.92 Å². The molecule has 2 aromatic rings. The number of imidazole rings is 1. The Labute approximate surface area is 142 Å². The number of hydrogen-bond acceptors (Lipinski definition) is 5. The molecule has 1 aliphatic heterocycles. The lowest BCUT2D eigenvalue weighted by atomic mass is 9.92. The Morgan fingerprint density at radius 3 is 2.33 bits per heavy atom. The third-order valence-corrected chi connectivity index (χ3v) is 6.33. The molecule has 0 spiro atoms. The molecule has 0 aromatic carbocycles. The first kappa shape index (κ1) is 17.0. The van der Waals surface area contributed by atoms with Crippen LogP contribution in [0.1, 0.15) is 24.5 Å². The lowest BCUT2D eigenvalue weighted by Crippen LogP contribution is -2.44. The van der Waals surface area contributed by atoms with Crippen LogP contribution in [-0.4, -0.2) is 63.7 Å². The van der Waals surface area contributed by atoms with E-state index in [1.54, 1.807) is 32.7 Å². The van der Waals surface area contributed by atoms with Crippen LogP contribution in [-0.2, 0) is 17.3 Å². The Balaban J connectivity index is 1.82. The molecule has 0 atom stereocenters. The topological polar surface area (TPSA) is 84.2 Å². The van der Waals surface area contributed by atoms with Gasteiger partial charge in [-0.25, -0.2) is 9.97 Å². The Bertz CT molecular complexity index is 809. The normalized spacial score (nSPS) is 17.5. The van der Waals surface area contributed by atoms with E-state index < -0.39 is 10.2 Å². The van der Waals surface area contributed by atoms with Gasteiger partial charge >= 0.3 is 0 Å². The smallest absolute Gasteiger partial charge is 0.281 e. The summed E-state index contributed by atoms with van der Waals surface area (Å²) in [4.78, 5) is 13.4. The Hall–Kier alpha value is -1.84. The maximum atomic E-state index is 12.2. The van der Waals surface area contributed by atoms with E-state index in [9.17, 15) is 8.42 Å². The average Bonchev–Trinajstić information content (AvgIpc) is 3.01. The van der Waals surface area contributed by atoms with Crippen molar-refractivity contribution in [1.82, 2.24) is 28.1 Å². The molecule has 0 N–H and O–H groups in total. The molecule has 0 radical (unpaired) electrons. The number of nitrogens with zero attached hydrogens (tertiary/aromatic N) is 6. The lowest BCUT2D eigenvalue weighted by Gasteiger charge is -2.32. The summed E-state index contributed by atoms with van der Waals surface area (Å²) in [5.74, 6) is 0.959. The maximum Gasteiger partial charge on any atom is 0.281 e. The average molecular weight is 350 g/mol. The Morgan fingerprint density at radius 2 is 1.75 bits per heavy atom. The van der Waals surface area contributed by atoms with Gasteiger partial charge in [-0.1, -0.05) is 0 Å². The van der Waals surface area contributed by atoms with Crippen molar-refractivity contribution < 1.29 is 8.42 Å². The van der Waals surface area contributed by atoms with Gasteiger partial charge in [0.1, 0.15) is 5.69 Å². The van der Waals surface area contributed by atoms with E-state index in [0.29, 0.717) is 13.1 Å². The molecule has 0 unspecified atom stereocenters. The molecule has 8 nitrogen and oxygen atoms in total. The van der Waals surface area contributed by atoms with Crippen molar-refractivity contribution in [1.29, 1.82) is 0 Å². The second-order valence-corrected chi connectivity index (χ2v) is 8.26. The minimum absolute atomic E-state index is 0.180. The van der Waals surface area contributed by atoms with Crippen molar-refractivity contribution in [2.75, 3.05) is 27.2 Å². The molecule has 0 aliphatic carbocycles. The van der Waals surface area contributed by atoms with Gasteiger partial charge < -0.3 is 4.57 Å². The lowest BCUT2D eigenvalue weighted by molar-refractivity contribution is 0.300. The molecule has 130 valence electrons. The highest BCUT2D eigenvalue weighted by Gasteiger charge is 2.32. The molecule has 1 aliphatic rings. The number of hydrogen-bond donors (Lipinski definition) is 0. The van der Waals surface area contributed by atoms with Crippen LogP contribution in [0.5, 0.6) is 0 Å². The number of aryl methyl sites for hydroxylation is 1. The van der Waals surface area contributed by atoms with Crippen molar-refractivity contribution in [2.24, 2.45) is 7.05 Å². The van der Waals surface area contributed by atoms with Crippen molar-refractivity contribution in [2.45, 2.75) is 18.8 Å². The third-order valence-electron chi connectivity index (χ3n) is 4.39. The summed E-state index contributed by atoms with van der Waals surface area (Å²) in [6, 6.07) is 0. The zero-order chi connectivity index (χ0) is 17.3. The minimum atomic E-state index is -3.35. The van der Waals surface area contributed by atoms with E-state index in [4.69, 9.17) is 0 Å².